The molecular formula is C14H19NO5S. The molecule has 1 unspecified atom stereocenters. The molecule has 0 aliphatic heterocycles. The highest BCUT2D eigenvalue weighted by Crippen LogP contribution is 2.14. The molecule has 0 saturated carbocycles. The second-order valence-corrected chi connectivity index (χ2v) is 6.73. The van der Waals surface area contributed by atoms with Gasteiger partial charge in [-0.05, 0) is 31.0 Å². The molecule has 1 rings (SSSR count). The van der Waals surface area contributed by atoms with Crippen LogP contribution in [0, 0.1) is 0 Å². The van der Waals surface area contributed by atoms with Gasteiger partial charge >= 0.3 is 5.97 Å². The normalized spacial score (nSPS) is 12.7. The fourth-order valence-electron chi connectivity index (χ4n) is 1.80. The summed E-state index contributed by atoms with van der Waals surface area (Å²) in [6.45, 7) is 3.40. The summed E-state index contributed by atoms with van der Waals surface area (Å²) in [4.78, 5) is 23.0. The zero-order chi connectivity index (χ0) is 16.0. The molecule has 1 aromatic rings. The Bertz CT molecular complexity index is 624. The summed E-state index contributed by atoms with van der Waals surface area (Å²) in [5, 5.41) is 11.3. The summed E-state index contributed by atoms with van der Waals surface area (Å²) in [5.41, 5.74) is 0.131. The Morgan fingerprint density at radius 2 is 1.95 bits per heavy atom. The Hall–Kier alpha value is -1.89. The van der Waals surface area contributed by atoms with Gasteiger partial charge < -0.3 is 10.4 Å². The number of carbonyl (C=O) groups is 2. The molecule has 0 aliphatic carbocycles. The molecule has 0 fully saturated rings. The molecule has 0 saturated heterocycles. The van der Waals surface area contributed by atoms with Crippen LogP contribution in [0.5, 0.6) is 0 Å². The van der Waals surface area contributed by atoms with Crippen molar-refractivity contribution in [1.29, 1.82) is 0 Å². The van der Waals surface area contributed by atoms with E-state index in [-0.39, 0.29) is 22.6 Å². The van der Waals surface area contributed by atoms with Crippen molar-refractivity contribution in [3.63, 3.8) is 0 Å². The van der Waals surface area contributed by atoms with Gasteiger partial charge in [0.05, 0.1) is 10.6 Å². The average molecular weight is 313 g/mol. The van der Waals surface area contributed by atoms with Gasteiger partial charge in [-0.3, -0.25) is 4.79 Å². The van der Waals surface area contributed by atoms with Gasteiger partial charge in [0.2, 0.25) is 0 Å². The van der Waals surface area contributed by atoms with Gasteiger partial charge in [0.25, 0.3) is 5.91 Å². The van der Waals surface area contributed by atoms with Crippen molar-refractivity contribution in [2.45, 2.75) is 37.6 Å². The van der Waals surface area contributed by atoms with Gasteiger partial charge in [-0.15, -0.1) is 0 Å². The van der Waals surface area contributed by atoms with E-state index in [1.165, 1.54) is 24.3 Å². The summed E-state index contributed by atoms with van der Waals surface area (Å²) in [6.07, 6.45) is 0.727. The molecule has 1 atom stereocenters. The Labute approximate surface area is 124 Å². The first-order chi connectivity index (χ1) is 9.81. The van der Waals surface area contributed by atoms with E-state index in [1.807, 2.05) is 0 Å². The van der Waals surface area contributed by atoms with E-state index >= 15 is 0 Å². The molecule has 7 heteroatoms. The number of hydrogen-bond donors (Lipinski definition) is 2. The minimum atomic E-state index is -3.41. The van der Waals surface area contributed by atoms with Crippen LogP contribution in [0.4, 0.5) is 0 Å². The number of carbonyl (C=O) groups excluding carboxylic acids is 1. The summed E-state index contributed by atoms with van der Waals surface area (Å²) < 4.78 is 23.9. The molecule has 0 bridgehead atoms. The van der Waals surface area contributed by atoms with Crippen LogP contribution < -0.4 is 5.32 Å². The number of sulfone groups is 1. The van der Waals surface area contributed by atoms with E-state index in [1.54, 1.807) is 13.8 Å². The molecule has 1 amide bonds. The number of amides is 1. The maximum Gasteiger partial charge on any atom is 0.326 e. The predicted octanol–water partition coefficient (Wildman–Crippen LogP) is 1.46. The fraction of sp³-hybridized carbons (Fsp3) is 0.429. The SMILES string of the molecule is CCCS(=O)(=O)c1cccc(C(=O)NC(CC)C(=O)O)c1. The van der Waals surface area contributed by atoms with Crippen LogP contribution in [-0.2, 0) is 14.6 Å². The van der Waals surface area contributed by atoms with Crippen molar-refractivity contribution in [2.75, 3.05) is 5.75 Å². The maximum absolute atomic E-state index is 12.0. The van der Waals surface area contributed by atoms with E-state index < -0.39 is 27.8 Å². The Balaban J connectivity index is 3.00. The molecule has 0 radical (unpaired) electrons. The third kappa shape index (κ3) is 4.56. The number of carboxylic acids is 1. The van der Waals surface area contributed by atoms with Crippen molar-refractivity contribution < 1.29 is 23.1 Å². The first-order valence-electron chi connectivity index (χ1n) is 6.68. The smallest absolute Gasteiger partial charge is 0.326 e. The zero-order valence-electron chi connectivity index (χ0n) is 12.0. The highest BCUT2D eigenvalue weighted by Gasteiger charge is 2.20. The fourth-order valence-corrected chi connectivity index (χ4v) is 3.16. The third-order valence-electron chi connectivity index (χ3n) is 2.94. The molecule has 0 heterocycles. The summed E-state index contributed by atoms with van der Waals surface area (Å²) >= 11 is 0. The molecule has 2 N–H and O–H groups in total. The molecule has 6 nitrogen and oxygen atoms in total. The van der Waals surface area contributed by atoms with Gasteiger partial charge in [0, 0.05) is 5.56 Å². The molecule has 21 heavy (non-hydrogen) atoms. The largest absolute Gasteiger partial charge is 0.480 e. The van der Waals surface area contributed by atoms with E-state index in [0.717, 1.165) is 0 Å². The second kappa shape index (κ2) is 7.21. The van der Waals surface area contributed by atoms with Gasteiger partial charge in [0.1, 0.15) is 6.04 Å². The van der Waals surface area contributed by atoms with Crippen LogP contribution in [0.2, 0.25) is 0 Å². The van der Waals surface area contributed by atoms with Crippen LogP contribution in [-0.4, -0.2) is 37.2 Å². The molecule has 0 aromatic heterocycles. The van der Waals surface area contributed by atoms with Crippen LogP contribution in [0.3, 0.4) is 0 Å². The lowest BCUT2D eigenvalue weighted by Crippen LogP contribution is -2.40. The Morgan fingerprint density at radius 1 is 1.29 bits per heavy atom. The summed E-state index contributed by atoms with van der Waals surface area (Å²) in [6, 6.07) is 4.63. The zero-order valence-corrected chi connectivity index (χ0v) is 12.8. The van der Waals surface area contributed by atoms with Crippen LogP contribution in [0.15, 0.2) is 29.2 Å². The summed E-state index contributed by atoms with van der Waals surface area (Å²) in [7, 11) is -3.41. The van der Waals surface area contributed by atoms with E-state index in [9.17, 15) is 18.0 Å². The van der Waals surface area contributed by atoms with Crippen molar-refractivity contribution in [3.05, 3.63) is 29.8 Å². The lowest BCUT2D eigenvalue weighted by Gasteiger charge is -2.12. The molecule has 116 valence electrons. The van der Waals surface area contributed by atoms with E-state index in [4.69, 9.17) is 5.11 Å². The van der Waals surface area contributed by atoms with Gasteiger partial charge in [-0.25, -0.2) is 13.2 Å². The molecule has 0 aliphatic rings. The van der Waals surface area contributed by atoms with Crippen LogP contribution in [0.25, 0.3) is 0 Å². The first kappa shape index (κ1) is 17.2. The van der Waals surface area contributed by atoms with Gasteiger partial charge in [-0.1, -0.05) is 19.9 Å². The molecule has 1 aromatic carbocycles. The van der Waals surface area contributed by atoms with Crippen molar-refractivity contribution in [1.82, 2.24) is 5.32 Å². The number of hydrogen-bond acceptors (Lipinski definition) is 4. The minimum Gasteiger partial charge on any atom is -0.480 e. The molecular weight excluding hydrogens is 294 g/mol. The topological polar surface area (TPSA) is 101 Å². The number of rotatable bonds is 7. The standard InChI is InChI=1S/C14H19NO5S/c1-3-8-21(19,20)11-7-5-6-10(9-11)13(16)15-12(4-2)14(17)18/h5-7,9,12H,3-4,8H2,1-2H3,(H,15,16)(H,17,18). The number of nitrogens with one attached hydrogen (secondary N) is 1. The Kier molecular flexibility index (Phi) is 5.90. The lowest BCUT2D eigenvalue weighted by molar-refractivity contribution is -0.139. The van der Waals surface area contributed by atoms with Gasteiger partial charge in [0.15, 0.2) is 9.84 Å². The lowest BCUT2D eigenvalue weighted by atomic mass is 10.1. The second-order valence-electron chi connectivity index (χ2n) is 4.62. The van der Waals surface area contributed by atoms with Crippen LogP contribution in [0.1, 0.15) is 37.0 Å². The maximum atomic E-state index is 12.0. The summed E-state index contributed by atoms with van der Waals surface area (Å²) in [5.74, 6) is -1.72. The van der Waals surface area contributed by atoms with E-state index in [2.05, 4.69) is 5.32 Å². The van der Waals surface area contributed by atoms with Crippen molar-refractivity contribution in [3.8, 4) is 0 Å². The van der Waals surface area contributed by atoms with Crippen molar-refractivity contribution >= 4 is 21.7 Å². The Morgan fingerprint density at radius 3 is 2.48 bits per heavy atom. The highest BCUT2D eigenvalue weighted by molar-refractivity contribution is 7.91. The van der Waals surface area contributed by atoms with Crippen molar-refractivity contribution in [2.24, 2.45) is 0 Å². The monoisotopic (exact) mass is 313 g/mol. The number of benzene rings is 1. The van der Waals surface area contributed by atoms with Gasteiger partial charge in [-0.2, -0.15) is 0 Å². The van der Waals surface area contributed by atoms with E-state index in [0.29, 0.717) is 6.42 Å². The highest BCUT2D eigenvalue weighted by atomic mass is 32.2. The number of aliphatic carboxylic acids is 1. The van der Waals surface area contributed by atoms with Crippen LogP contribution >= 0.6 is 0 Å². The molecule has 0 spiro atoms. The first-order valence-corrected chi connectivity index (χ1v) is 8.33. The predicted molar refractivity (Wildman–Crippen MR) is 78.0 cm³/mol. The number of carboxylic acid groups (broad SMARTS) is 1. The average Bonchev–Trinajstić information content (AvgIpc) is 2.44. The minimum absolute atomic E-state index is 0.00475. The third-order valence-corrected chi connectivity index (χ3v) is 4.86. The quantitative estimate of drug-likeness (QED) is 0.793.